The molecule has 33 heavy (non-hydrogen) atoms. The van der Waals surface area contributed by atoms with Crippen molar-refractivity contribution in [3.05, 3.63) is 76.5 Å². The molecule has 174 valence electrons. The van der Waals surface area contributed by atoms with Gasteiger partial charge in [-0.15, -0.1) is 0 Å². The predicted octanol–water partition coefficient (Wildman–Crippen LogP) is 5.12. The van der Waals surface area contributed by atoms with Gasteiger partial charge in [-0.05, 0) is 48.9 Å². The number of hydrogen-bond acceptors (Lipinski definition) is 5. The Balaban J connectivity index is 1.31. The summed E-state index contributed by atoms with van der Waals surface area (Å²) in [6.45, 7) is 1.77. The fraction of sp³-hybridized carbons (Fsp3) is 0.375. The van der Waals surface area contributed by atoms with Crippen LogP contribution in [-0.4, -0.2) is 51.8 Å². The van der Waals surface area contributed by atoms with Crippen molar-refractivity contribution in [3.8, 4) is 5.75 Å². The van der Waals surface area contributed by atoms with Crippen LogP contribution in [0.25, 0.3) is 0 Å². The summed E-state index contributed by atoms with van der Waals surface area (Å²) in [7, 11) is 0. The first-order chi connectivity index (χ1) is 16.1. The van der Waals surface area contributed by atoms with Gasteiger partial charge in [0.15, 0.2) is 6.10 Å². The number of hydrogen-bond donors (Lipinski definition) is 0. The average Bonchev–Trinajstić information content (AvgIpc) is 3.50. The van der Waals surface area contributed by atoms with Gasteiger partial charge in [-0.25, -0.2) is 4.79 Å². The summed E-state index contributed by atoms with van der Waals surface area (Å²) in [6, 6.07) is 15.4. The topological polar surface area (TPSA) is 69.5 Å². The largest absolute Gasteiger partial charge is 0.488 e. The van der Waals surface area contributed by atoms with Crippen molar-refractivity contribution in [1.29, 1.82) is 0 Å². The molecule has 0 aliphatic carbocycles. The summed E-state index contributed by atoms with van der Waals surface area (Å²) < 4.78 is 11.6. The molecule has 4 rings (SSSR count). The highest BCUT2D eigenvalue weighted by atomic mass is 35.5. The van der Waals surface area contributed by atoms with E-state index in [1.807, 2.05) is 6.07 Å². The molecule has 7 nitrogen and oxygen atoms in total. The lowest BCUT2D eigenvalue weighted by molar-refractivity contribution is 0.0306. The maximum absolute atomic E-state index is 12.9. The van der Waals surface area contributed by atoms with Gasteiger partial charge in [0.1, 0.15) is 18.9 Å². The maximum atomic E-state index is 12.9. The van der Waals surface area contributed by atoms with Crippen molar-refractivity contribution >= 4 is 29.3 Å². The van der Waals surface area contributed by atoms with E-state index in [-0.39, 0.29) is 19.2 Å². The lowest BCUT2D eigenvalue weighted by Gasteiger charge is -2.22. The molecule has 1 aliphatic rings. The minimum absolute atomic E-state index is 0.111. The summed E-state index contributed by atoms with van der Waals surface area (Å²) in [5, 5.41) is 9.14. The van der Waals surface area contributed by atoms with Crippen molar-refractivity contribution in [2.24, 2.45) is 5.92 Å². The number of ether oxygens (including phenoxy) is 2. The molecule has 1 saturated heterocycles. The van der Waals surface area contributed by atoms with E-state index < -0.39 is 6.10 Å². The Kier molecular flexibility index (Phi) is 8.07. The van der Waals surface area contributed by atoms with Gasteiger partial charge in [-0.3, -0.25) is 0 Å². The summed E-state index contributed by atoms with van der Waals surface area (Å²) in [5.74, 6) is 0.936. The molecule has 1 amide bonds. The molecule has 9 heteroatoms. The third kappa shape index (κ3) is 6.85. The molecule has 1 aliphatic heterocycles. The van der Waals surface area contributed by atoms with E-state index in [0.717, 1.165) is 19.3 Å². The maximum Gasteiger partial charge on any atom is 0.410 e. The smallest absolute Gasteiger partial charge is 0.410 e. The molecule has 2 heterocycles. The second-order valence-electron chi connectivity index (χ2n) is 8.10. The van der Waals surface area contributed by atoms with Crippen LogP contribution in [0.15, 0.2) is 60.9 Å². The second-order valence-corrected chi connectivity index (χ2v) is 8.94. The van der Waals surface area contributed by atoms with Crippen LogP contribution < -0.4 is 4.74 Å². The molecule has 2 aromatic carbocycles. The van der Waals surface area contributed by atoms with Crippen molar-refractivity contribution in [1.82, 2.24) is 19.9 Å². The summed E-state index contributed by atoms with van der Waals surface area (Å²) in [5.41, 5.74) is 1.32. The Labute approximate surface area is 203 Å². The number of benzene rings is 2. The van der Waals surface area contributed by atoms with Crippen molar-refractivity contribution in [2.75, 3.05) is 19.7 Å². The number of rotatable bonds is 9. The SMILES string of the molecule is O=C(OC(COc1ccc(Cl)cc1Cl)Cn1nccn1)N1CCC(CCc2ccccc2)C1. The van der Waals surface area contributed by atoms with E-state index in [9.17, 15) is 4.79 Å². The van der Waals surface area contributed by atoms with Gasteiger partial charge in [-0.2, -0.15) is 15.0 Å². The van der Waals surface area contributed by atoms with Crippen LogP contribution in [0.4, 0.5) is 4.79 Å². The fourth-order valence-corrected chi connectivity index (χ4v) is 4.35. The van der Waals surface area contributed by atoms with Crippen LogP contribution >= 0.6 is 23.2 Å². The quantitative estimate of drug-likeness (QED) is 0.417. The number of carbonyl (C=O) groups excluding carboxylic acids is 1. The first-order valence-electron chi connectivity index (χ1n) is 11.0. The van der Waals surface area contributed by atoms with Gasteiger partial charge in [0.25, 0.3) is 0 Å². The number of aryl methyl sites for hydroxylation is 1. The highest BCUT2D eigenvalue weighted by molar-refractivity contribution is 6.35. The molecule has 2 unspecified atom stereocenters. The van der Waals surface area contributed by atoms with Crippen LogP contribution in [0.5, 0.6) is 5.75 Å². The van der Waals surface area contributed by atoms with Crippen molar-refractivity contribution in [3.63, 3.8) is 0 Å². The van der Waals surface area contributed by atoms with E-state index in [1.165, 1.54) is 10.4 Å². The summed E-state index contributed by atoms with van der Waals surface area (Å²) in [4.78, 5) is 16.1. The molecule has 0 spiro atoms. The molecule has 3 aromatic rings. The fourth-order valence-electron chi connectivity index (χ4n) is 3.89. The van der Waals surface area contributed by atoms with E-state index in [2.05, 4.69) is 34.5 Å². The predicted molar refractivity (Wildman–Crippen MR) is 127 cm³/mol. The molecule has 0 N–H and O–H groups in total. The number of aromatic nitrogens is 3. The highest BCUT2D eigenvalue weighted by Gasteiger charge is 2.29. The van der Waals surface area contributed by atoms with Crippen molar-refractivity contribution < 1.29 is 14.3 Å². The molecule has 0 saturated carbocycles. The van der Waals surface area contributed by atoms with Gasteiger partial charge in [0.05, 0.1) is 17.4 Å². The average molecular weight is 489 g/mol. The van der Waals surface area contributed by atoms with Gasteiger partial charge in [0, 0.05) is 18.1 Å². The first kappa shape index (κ1) is 23.4. The minimum Gasteiger partial charge on any atom is -0.488 e. The Morgan fingerprint density at radius 2 is 1.91 bits per heavy atom. The number of carbonyl (C=O) groups is 1. The Morgan fingerprint density at radius 1 is 1.12 bits per heavy atom. The molecule has 1 aromatic heterocycles. The monoisotopic (exact) mass is 488 g/mol. The number of likely N-dealkylation sites (tertiary alicyclic amines) is 1. The second kappa shape index (κ2) is 11.4. The van der Waals surface area contributed by atoms with Gasteiger partial charge in [0.2, 0.25) is 0 Å². The van der Waals surface area contributed by atoms with Crippen molar-refractivity contribution in [2.45, 2.75) is 31.9 Å². The Bertz CT molecular complexity index is 1030. The zero-order chi connectivity index (χ0) is 23.0. The molecular formula is C24H26Cl2N4O3. The molecular weight excluding hydrogens is 463 g/mol. The van der Waals surface area contributed by atoms with Gasteiger partial charge >= 0.3 is 6.09 Å². The van der Waals surface area contributed by atoms with E-state index >= 15 is 0 Å². The minimum atomic E-state index is -0.583. The van der Waals surface area contributed by atoms with E-state index in [1.54, 1.807) is 35.5 Å². The highest BCUT2D eigenvalue weighted by Crippen LogP contribution is 2.28. The van der Waals surface area contributed by atoms with E-state index in [0.29, 0.717) is 34.8 Å². The lowest BCUT2D eigenvalue weighted by atomic mass is 9.99. The molecule has 0 bridgehead atoms. The molecule has 0 radical (unpaired) electrons. The normalized spacial score (nSPS) is 16.5. The third-order valence-electron chi connectivity index (χ3n) is 5.65. The Hall–Kier alpha value is -2.77. The third-order valence-corrected chi connectivity index (χ3v) is 6.18. The Morgan fingerprint density at radius 3 is 2.67 bits per heavy atom. The van der Waals surface area contributed by atoms with Crippen LogP contribution in [0.1, 0.15) is 18.4 Å². The van der Waals surface area contributed by atoms with E-state index in [4.69, 9.17) is 32.7 Å². The number of halogens is 2. The summed E-state index contributed by atoms with van der Waals surface area (Å²) in [6.07, 6.45) is 5.26. The number of amides is 1. The molecule has 2 atom stereocenters. The summed E-state index contributed by atoms with van der Waals surface area (Å²) >= 11 is 12.1. The lowest BCUT2D eigenvalue weighted by Crippen LogP contribution is -2.37. The van der Waals surface area contributed by atoms with Crippen LogP contribution in [0.3, 0.4) is 0 Å². The number of nitrogens with zero attached hydrogens (tertiary/aromatic N) is 4. The zero-order valence-corrected chi connectivity index (χ0v) is 19.7. The zero-order valence-electron chi connectivity index (χ0n) is 18.1. The van der Waals surface area contributed by atoms with Crippen LogP contribution in [-0.2, 0) is 17.7 Å². The van der Waals surface area contributed by atoms with Crippen LogP contribution in [0.2, 0.25) is 10.0 Å². The first-order valence-corrected chi connectivity index (χ1v) is 11.7. The van der Waals surface area contributed by atoms with Gasteiger partial charge < -0.3 is 14.4 Å². The molecule has 1 fully saturated rings. The standard InChI is InChI=1S/C24H26Cl2N4O3/c25-20-8-9-23(22(26)14-20)32-17-21(16-30-27-11-12-28-30)33-24(31)29-13-10-19(15-29)7-6-18-4-2-1-3-5-18/h1-5,8-9,11-12,14,19,21H,6-7,10,13,15-17H2. The van der Waals surface area contributed by atoms with Gasteiger partial charge in [-0.1, -0.05) is 53.5 Å². The van der Waals surface area contributed by atoms with Crippen LogP contribution in [0, 0.1) is 5.92 Å².